The third-order valence-corrected chi connectivity index (χ3v) is 3.56. The third kappa shape index (κ3) is 3.08. The molecule has 0 atom stereocenters. The molecule has 1 heterocycles. The zero-order valence-electron chi connectivity index (χ0n) is 13.1. The lowest BCUT2D eigenvalue weighted by Crippen LogP contribution is -2.03. The van der Waals surface area contributed by atoms with Gasteiger partial charge < -0.3 is 9.67 Å². The Bertz CT molecular complexity index is 851. The number of halogens is 1. The summed E-state index contributed by atoms with van der Waals surface area (Å²) in [6.07, 6.45) is 0. The van der Waals surface area contributed by atoms with Crippen molar-refractivity contribution in [2.24, 2.45) is 16.1 Å². The van der Waals surface area contributed by atoms with Crippen molar-refractivity contribution in [3.8, 4) is 5.88 Å². The smallest absolute Gasteiger partial charge is 0.220 e. The monoisotopic (exact) mass is 311 g/mol. The van der Waals surface area contributed by atoms with Crippen LogP contribution in [0.5, 0.6) is 5.88 Å². The summed E-state index contributed by atoms with van der Waals surface area (Å²) in [4.78, 5) is 0. The number of nitrogens with zero attached hydrogens (tertiary/aromatic N) is 3. The number of azo groups is 1. The summed E-state index contributed by atoms with van der Waals surface area (Å²) < 4.78 is 14.8. The molecule has 4 nitrogen and oxygen atoms in total. The molecule has 0 amide bonds. The molecule has 0 radical (unpaired) electrons. The molecule has 0 fully saturated rings. The Morgan fingerprint density at radius 1 is 1.04 bits per heavy atom. The van der Waals surface area contributed by atoms with Gasteiger partial charge in [-0.05, 0) is 36.2 Å². The van der Waals surface area contributed by atoms with Gasteiger partial charge in [-0.1, -0.05) is 32.0 Å². The van der Waals surface area contributed by atoms with Crippen molar-refractivity contribution in [3.05, 3.63) is 54.3 Å². The normalized spacial score (nSPS) is 11.8. The van der Waals surface area contributed by atoms with Crippen molar-refractivity contribution < 1.29 is 9.50 Å². The largest absolute Gasteiger partial charge is 0.493 e. The minimum atomic E-state index is -0.319. The van der Waals surface area contributed by atoms with E-state index in [1.807, 2.05) is 28.8 Å². The molecule has 5 heteroatoms. The van der Waals surface area contributed by atoms with Crippen LogP contribution in [0.15, 0.2) is 58.8 Å². The van der Waals surface area contributed by atoms with Crippen LogP contribution >= 0.6 is 0 Å². The molecule has 0 aliphatic carbocycles. The van der Waals surface area contributed by atoms with Crippen molar-refractivity contribution >= 4 is 22.3 Å². The summed E-state index contributed by atoms with van der Waals surface area (Å²) in [6.45, 7) is 4.88. The maximum absolute atomic E-state index is 12.9. The fourth-order valence-corrected chi connectivity index (χ4v) is 2.54. The van der Waals surface area contributed by atoms with Crippen LogP contribution < -0.4 is 0 Å². The lowest BCUT2D eigenvalue weighted by Gasteiger charge is -2.09. The van der Waals surface area contributed by atoms with Gasteiger partial charge in [0.2, 0.25) is 5.88 Å². The molecule has 23 heavy (non-hydrogen) atoms. The third-order valence-electron chi connectivity index (χ3n) is 3.56. The molecule has 0 aliphatic heterocycles. The molecule has 1 aromatic heterocycles. The van der Waals surface area contributed by atoms with Gasteiger partial charge in [-0.2, -0.15) is 5.11 Å². The topological polar surface area (TPSA) is 49.9 Å². The van der Waals surface area contributed by atoms with E-state index in [0.717, 1.165) is 10.9 Å². The highest BCUT2D eigenvalue weighted by molar-refractivity contribution is 5.95. The summed E-state index contributed by atoms with van der Waals surface area (Å²) in [5, 5.41) is 19.7. The summed E-state index contributed by atoms with van der Waals surface area (Å²) in [7, 11) is 0. The van der Waals surface area contributed by atoms with E-state index in [1.54, 1.807) is 12.1 Å². The van der Waals surface area contributed by atoms with Gasteiger partial charge in [0.1, 0.15) is 5.82 Å². The van der Waals surface area contributed by atoms with Gasteiger partial charge in [-0.25, -0.2) is 4.39 Å². The van der Waals surface area contributed by atoms with Crippen LogP contribution in [-0.2, 0) is 6.54 Å². The van der Waals surface area contributed by atoms with E-state index in [-0.39, 0.29) is 11.7 Å². The van der Waals surface area contributed by atoms with Gasteiger partial charge in [0.25, 0.3) is 0 Å². The highest BCUT2D eigenvalue weighted by atomic mass is 19.1. The standard InChI is InChI=1S/C18H18FN3O/c1-12(2)11-22-16-6-4-3-5-15(16)17(18(22)23)21-20-14-9-7-13(19)8-10-14/h3-10,12,23H,11H2,1-2H3. The summed E-state index contributed by atoms with van der Waals surface area (Å²) >= 11 is 0. The number of para-hydroxylation sites is 1. The van der Waals surface area contributed by atoms with Crippen LogP contribution in [0.4, 0.5) is 15.8 Å². The molecular formula is C18H18FN3O. The second-order valence-corrected chi connectivity index (χ2v) is 5.87. The van der Waals surface area contributed by atoms with Gasteiger partial charge in [-0.15, -0.1) is 5.11 Å². The number of hydrogen-bond donors (Lipinski definition) is 1. The van der Waals surface area contributed by atoms with E-state index in [2.05, 4.69) is 24.1 Å². The maximum atomic E-state index is 12.9. The zero-order chi connectivity index (χ0) is 16.4. The average molecular weight is 311 g/mol. The minimum absolute atomic E-state index is 0.103. The van der Waals surface area contributed by atoms with Gasteiger partial charge in [-0.3, -0.25) is 0 Å². The van der Waals surface area contributed by atoms with E-state index in [0.29, 0.717) is 23.8 Å². The first-order chi connectivity index (χ1) is 11.1. The number of fused-ring (bicyclic) bond motifs is 1. The molecule has 3 aromatic rings. The van der Waals surface area contributed by atoms with Crippen LogP contribution in [0, 0.1) is 11.7 Å². The van der Waals surface area contributed by atoms with Crippen molar-refractivity contribution in [3.63, 3.8) is 0 Å². The zero-order valence-corrected chi connectivity index (χ0v) is 13.1. The molecule has 0 saturated heterocycles. The van der Waals surface area contributed by atoms with Crippen LogP contribution in [-0.4, -0.2) is 9.67 Å². The molecule has 2 aromatic carbocycles. The Morgan fingerprint density at radius 2 is 1.74 bits per heavy atom. The Morgan fingerprint density at radius 3 is 2.43 bits per heavy atom. The first-order valence-electron chi connectivity index (χ1n) is 7.53. The fourth-order valence-electron chi connectivity index (χ4n) is 2.54. The predicted octanol–water partition coefficient (Wildman–Crippen LogP) is 5.56. The first kappa shape index (κ1) is 15.2. The van der Waals surface area contributed by atoms with E-state index in [9.17, 15) is 9.50 Å². The molecule has 0 aliphatic rings. The molecule has 0 saturated carbocycles. The highest BCUT2D eigenvalue weighted by Gasteiger charge is 2.16. The Balaban J connectivity index is 2.06. The summed E-state index contributed by atoms with van der Waals surface area (Å²) in [5.41, 5.74) is 1.89. The number of hydrogen-bond acceptors (Lipinski definition) is 3. The highest BCUT2D eigenvalue weighted by Crippen LogP contribution is 2.39. The van der Waals surface area contributed by atoms with Gasteiger partial charge in [0.15, 0.2) is 5.69 Å². The van der Waals surface area contributed by atoms with Gasteiger partial charge in [0, 0.05) is 11.9 Å². The molecule has 3 rings (SSSR count). The Hall–Kier alpha value is -2.69. The van der Waals surface area contributed by atoms with Crippen LogP contribution in [0.2, 0.25) is 0 Å². The van der Waals surface area contributed by atoms with Gasteiger partial charge in [0.05, 0.1) is 11.2 Å². The first-order valence-corrected chi connectivity index (χ1v) is 7.53. The maximum Gasteiger partial charge on any atom is 0.220 e. The van der Waals surface area contributed by atoms with Crippen molar-refractivity contribution in [1.29, 1.82) is 0 Å². The molecule has 0 bridgehead atoms. The summed E-state index contributed by atoms with van der Waals surface area (Å²) in [5.74, 6) is 0.171. The number of benzene rings is 2. The van der Waals surface area contributed by atoms with E-state index in [4.69, 9.17) is 0 Å². The second kappa shape index (κ2) is 6.20. The fraction of sp³-hybridized carbons (Fsp3) is 0.222. The van der Waals surface area contributed by atoms with E-state index < -0.39 is 0 Å². The molecule has 0 spiro atoms. The number of aromatic nitrogens is 1. The quantitative estimate of drug-likeness (QED) is 0.630. The number of aromatic hydroxyl groups is 1. The second-order valence-electron chi connectivity index (χ2n) is 5.87. The lowest BCUT2D eigenvalue weighted by molar-refractivity contribution is 0.401. The molecule has 1 N–H and O–H groups in total. The number of rotatable bonds is 4. The Labute approximate surface area is 133 Å². The van der Waals surface area contributed by atoms with Gasteiger partial charge >= 0.3 is 0 Å². The SMILES string of the molecule is CC(C)Cn1c(O)c(N=Nc2ccc(F)cc2)c2ccccc21. The van der Waals surface area contributed by atoms with Crippen molar-refractivity contribution in [2.75, 3.05) is 0 Å². The van der Waals surface area contributed by atoms with E-state index in [1.165, 1.54) is 12.1 Å². The van der Waals surface area contributed by atoms with Crippen LogP contribution in [0.3, 0.4) is 0 Å². The molecular weight excluding hydrogens is 293 g/mol. The van der Waals surface area contributed by atoms with E-state index >= 15 is 0 Å². The van der Waals surface area contributed by atoms with Crippen molar-refractivity contribution in [2.45, 2.75) is 20.4 Å². The molecule has 118 valence electrons. The lowest BCUT2D eigenvalue weighted by atomic mass is 10.2. The molecule has 0 unspecified atom stereocenters. The van der Waals surface area contributed by atoms with Crippen LogP contribution in [0.25, 0.3) is 10.9 Å². The van der Waals surface area contributed by atoms with Crippen molar-refractivity contribution in [1.82, 2.24) is 4.57 Å². The average Bonchev–Trinajstić information content (AvgIpc) is 2.79. The Kier molecular flexibility index (Phi) is 4.10. The predicted molar refractivity (Wildman–Crippen MR) is 89.0 cm³/mol. The van der Waals surface area contributed by atoms with Crippen LogP contribution in [0.1, 0.15) is 13.8 Å². The summed E-state index contributed by atoms with van der Waals surface area (Å²) in [6, 6.07) is 13.4. The minimum Gasteiger partial charge on any atom is -0.493 e.